The maximum Gasteiger partial charge on any atom is 0.130 e. The molecule has 110 valence electrons. The van der Waals surface area contributed by atoms with E-state index in [9.17, 15) is 0 Å². The lowest BCUT2D eigenvalue weighted by Gasteiger charge is -2.18. The Morgan fingerprint density at radius 3 is 2.62 bits per heavy atom. The molecule has 0 amide bonds. The first kappa shape index (κ1) is 15.1. The molecule has 0 heterocycles. The van der Waals surface area contributed by atoms with Crippen LogP contribution in [0.25, 0.3) is 0 Å². The molecule has 2 aromatic carbocycles. The van der Waals surface area contributed by atoms with Crippen molar-refractivity contribution in [2.45, 2.75) is 20.5 Å². The number of hydrogen-bond acceptors (Lipinski definition) is 3. The minimum atomic E-state index is -0.00171. The highest BCUT2D eigenvalue weighted by Crippen LogP contribution is 2.31. The van der Waals surface area contributed by atoms with Crippen LogP contribution in [-0.4, -0.2) is 18.5 Å². The van der Waals surface area contributed by atoms with E-state index in [4.69, 9.17) is 15.3 Å². The number of rotatable bonds is 5. The van der Waals surface area contributed by atoms with Crippen molar-refractivity contribution in [3.63, 3.8) is 0 Å². The van der Waals surface area contributed by atoms with Gasteiger partial charge >= 0.3 is 0 Å². The largest absolute Gasteiger partial charge is 0.457 e. The summed E-state index contributed by atoms with van der Waals surface area (Å²) in [5, 5.41) is 16.5. The Morgan fingerprint density at radius 2 is 1.95 bits per heavy atom. The number of nitrogens with zero attached hydrogens (tertiary/aromatic N) is 1. The van der Waals surface area contributed by atoms with E-state index in [-0.39, 0.29) is 6.61 Å². The van der Waals surface area contributed by atoms with Gasteiger partial charge in [-0.15, -0.1) is 0 Å². The van der Waals surface area contributed by atoms with E-state index in [1.807, 2.05) is 57.3 Å². The zero-order valence-electron chi connectivity index (χ0n) is 12.6. The molecule has 4 nitrogen and oxygen atoms in total. The smallest absolute Gasteiger partial charge is 0.130 e. The fraction of sp³-hybridized carbons (Fsp3) is 0.235. The number of ether oxygens (including phenoxy) is 1. The van der Waals surface area contributed by atoms with Crippen molar-refractivity contribution in [2.75, 3.05) is 11.9 Å². The van der Waals surface area contributed by atoms with E-state index in [1.54, 1.807) is 4.90 Å². The first-order valence-corrected chi connectivity index (χ1v) is 6.77. The number of aliphatic hydroxyl groups excluding tert-OH is 1. The van der Waals surface area contributed by atoms with Crippen LogP contribution in [0, 0.1) is 19.3 Å². The lowest BCUT2D eigenvalue weighted by Crippen LogP contribution is -2.14. The summed E-state index contributed by atoms with van der Waals surface area (Å²) in [4.78, 5) is 1.76. The van der Waals surface area contributed by atoms with Crippen LogP contribution < -0.4 is 9.64 Å². The summed E-state index contributed by atoms with van der Waals surface area (Å²) in [6.07, 6.45) is 1.28. The van der Waals surface area contributed by atoms with Crippen LogP contribution >= 0.6 is 0 Å². The van der Waals surface area contributed by atoms with Gasteiger partial charge < -0.3 is 14.7 Å². The van der Waals surface area contributed by atoms with Gasteiger partial charge in [0, 0.05) is 12.7 Å². The Labute approximate surface area is 125 Å². The van der Waals surface area contributed by atoms with Crippen molar-refractivity contribution < 1.29 is 9.84 Å². The van der Waals surface area contributed by atoms with Crippen LogP contribution in [-0.2, 0) is 6.61 Å². The normalized spacial score (nSPS) is 10.3. The van der Waals surface area contributed by atoms with Crippen LogP contribution in [0.4, 0.5) is 5.69 Å². The molecule has 0 aliphatic carbocycles. The first-order valence-electron chi connectivity index (χ1n) is 6.77. The number of nitrogens with one attached hydrogen (secondary N) is 1. The second-order valence-electron chi connectivity index (χ2n) is 5.05. The Hall–Kier alpha value is -2.33. The van der Waals surface area contributed by atoms with Crippen LogP contribution in [0.15, 0.2) is 36.4 Å². The highest BCUT2D eigenvalue weighted by atomic mass is 16.5. The van der Waals surface area contributed by atoms with Gasteiger partial charge in [0.15, 0.2) is 0 Å². The predicted octanol–water partition coefficient (Wildman–Crippen LogP) is 3.63. The molecule has 0 aliphatic heterocycles. The van der Waals surface area contributed by atoms with E-state index in [1.165, 1.54) is 6.34 Å². The third kappa shape index (κ3) is 3.41. The lowest BCUT2D eigenvalue weighted by molar-refractivity contribution is 0.281. The van der Waals surface area contributed by atoms with Gasteiger partial charge in [0.2, 0.25) is 0 Å². The molecular weight excluding hydrogens is 264 g/mol. The number of anilines is 1. The van der Waals surface area contributed by atoms with Crippen molar-refractivity contribution in [3.8, 4) is 11.5 Å². The van der Waals surface area contributed by atoms with Crippen molar-refractivity contribution in [3.05, 3.63) is 53.1 Å². The molecular formula is C17H20N2O2. The molecule has 2 N–H and O–H groups in total. The molecule has 0 radical (unpaired) electrons. The van der Waals surface area contributed by atoms with Crippen molar-refractivity contribution in [1.29, 1.82) is 5.41 Å². The molecule has 21 heavy (non-hydrogen) atoms. The molecule has 0 saturated carbocycles. The molecule has 4 heteroatoms. The Morgan fingerprint density at radius 1 is 1.19 bits per heavy atom. The topological polar surface area (TPSA) is 56.6 Å². The summed E-state index contributed by atoms with van der Waals surface area (Å²) in [7, 11) is 1.85. The van der Waals surface area contributed by atoms with E-state index >= 15 is 0 Å². The van der Waals surface area contributed by atoms with Gasteiger partial charge in [-0.25, -0.2) is 0 Å². The number of benzene rings is 2. The van der Waals surface area contributed by atoms with Crippen molar-refractivity contribution in [2.24, 2.45) is 0 Å². The van der Waals surface area contributed by atoms with E-state index in [0.717, 1.165) is 28.1 Å². The number of hydrogen-bond donors (Lipinski definition) is 2. The fourth-order valence-electron chi connectivity index (χ4n) is 2.17. The minimum Gasteiger partial charge on any atom is -0.457 e. The molecule has 0 aliphatic rings. The van der Waals surface area contributed by atoms with Gasteiger partial charge in [-0.1, -0.05) is 12.1 Å². The van der Waals surface area contributed by atoms with Crippen molar-refractivity contribution >= 4 is 12.0 Å². The SMILES string of the molecule is Cc1cc(N(C)C=N)c(C)cc1Oc1cccc(CO)c1. The summed E-state index contributed by atoms with van der Waals surface area (Å²) in [6, 6.07) is 11.4. The van der Waals surface area contributed by atoms with Gasteiger partial charge in [-0.2, -0.15) is 0 Å². The third-order valence-electron chi connectivity index (χ3n) is 3.38. The van der Waals surface area contributed by atoms with Gasteiger partial charge in [-0.05, 0) is 54.8 Å². The molecule has 0 fully saturated rings. The molecule has 0 saturated heterocycles. The summed E-state index contributed by atoms with van der Waals surface area (Å²) < 4.78 is 5.91. The Bertz CT molecular complexity index is 653. The molecule has 0 spiro atoms. The second-order valence-corrected chi connectivity index (χ2v) is 5.05. The molecule has 0 atom stereocenters. The lowest BCUT2D eigenvalue weighted by atomic mass is 10.1. The summed E-state index contributed by atoms with van der Waals surface area (Å²) in [5.74, 6) is 1.49. The van der Waals surface area contributed by atoms with Crippen LogP contribution in [0.5, 0.6) is 11.5 Å². The number of aryl methyl sites for hydroxylation is 2. The maximum atomic E-state index is 9.17. The van der Waals surface area contributed by atoms with E-state index in [2.05, 4.69) is 0 Å². The molecule has 0 unspecified atom stereocenters. The average Bonchev–Trinajstić information content (AvgIpc) is 2.50. The van der Waals surface area contributed by atoms with E-state index < -0.39 is 0 Å². The zero-order valence-corrected chi connectivity index (χ0v) is 12.6. The van der Waals surface area contributed by atoms with Crippen LogP contribution in [0.2, 0.25) is 0 Å². The first-order chi connectivity index (χ1) is 10.0. The summed E-state index contributed by atoms with van der Waals surface area (Å²) in [5.41, 5.74) is 3.85. The predicted molar refractivity (Wildman–Crippen MR) is 85.5 cm³/mol. The monoisotopic (exact) mass is 284 g/mol. The standard InChI is InChI=1S/C17H20N2O2/c1-12-8-17(13(2)7-16(12)19(3)11-18)21-15-6-4-5-14(9-15)10-20/h4-9,11,18,20H,10H2,1-3H3. The highest BCUT2D eigenvalue weighted by Gasteiger charge is 2.09. The quantitative estimate of drug-likeness (QED) is 0.651. The highest BCUT2D eigenvalue weighted by molar-refractivity contribution is 5.78. The van der Waals surface area contributed by atoms with Gasteiger partial charge in [0.25, 0.3) is 0 Å². The summed E-state index contributed by atoms with van der Waals surface area (Å²) in [6.45, 7) is 3.97. The second kappa shape index (κ2) is 6.41. The average molecular weight is 284 g/mol. The van der Waals surface area contributed by atoms with Gasteiger partial charge in [0.1, 0.15) is 11.5 Å². The molecule has 2 aromatic rings. The van der Waals surface area contributed by atoms with Gasteiger partial charge in [-0.3, -0.25) is 5.41 Å². The van der Waals surface area contributed by atoms with E-state index in [0.29, 0.717) is 5.75 Å². The minimum absolute atomic E-state index is 0.00171. The van der Waals surface area contributed by atoms with Gasteiger partial charge in [0.05, 0.1) is 12.9 Å². The van der Waals surface area contributed by atoms with Crippen LogP contribution in [0.1, 0.15) is 16.7 Å². The molecule has 0 aromatic heterocycles. The maximum absolute atomic E-state index is 9.17. The third-order valence-corrected chi connectivity index (χ3v) is 3.38. The number of aliphatic hydroxyl groups is 1. The van der Waals surface area contributed by atoms with Crippen molar-refractivity contribution in [1.82, 2.24) is 0 Å². The Balaban J connectivity index is 2.32. The summed E-state index contributed by atoms with van der Waals surface area (Å²) >= 11 is 0. The fourth-order valence-corrected chi connectivity index (χ4v) is 2.17. The van der Waals surface area contributed by atoms with Crippen LogP contribution in [0.3, 0.4) is 0 Å². The zero-order chi connectivity index (χ0) is 15.4. The Kier molecular flexibility index (Phi) is 4.60. The molecule has 0 bridgehead atoms. The molecule has 2 rings (SSSR count).